The molecule has 0 aromatic heterocycles. The van der Waals surface area contributed by atoms with Gasteiger partial charge in [-0.25, -0.2) is 12.8 Å². The Morgan fingerprint density at radius 2 is 1.92 bits per heavy atom. The maximum absolute atomic E-state index is 13.2. The molecule has 0 heterocycles. The van der Waals surface area contributed by atoms with E-state index in [0.29, 0.717) is 11.4 Å². The van der Waals surface area contributed by atoms with Crippen molar-refractivity contribution in [3.63, 3.8) is 0 Å². The lowest BCUT2D eigenvalue weighted by atomic mass is 10.1. The average Bonchev–Trinajstić information content (AvgIpc) is 2.54. The summed E-state index contributed by atoms with van der Waals surface area (Å²) in [6.07, 6.45) is 1.04. The average molecular weight is 399 g/mol. The van der Waals surface area contributed by atoms with Crippen molar-refractivity contribution in [3.05, 3.63) is 58.4 Å². The van der Waals surface area contributed by atoms with Crippen LogP contribution in [0.2, 0.25) is 5.02 Å². The van der Waals surface area contributed by atoms with E-state index in [0.717, 1.165) is 23.4 Å². The number of amides is 1. The number of anilines is 2. The Kier molecular flexibility index (Phi) is 6.26. The van der Waals surface area contributed by atoms with E-state index in [2.05, 4.69) is 5.32 Å². The van der Waals surface area contributed by atoms with E-state index in [9.17, 15) is 17.6 Å². The van der Waals surface area contributed by atoms with Crippen molar-refractivity contribution in [2.45, 2.75) is 20.3 Å². The highest BCUT2D eigenvalue weighted by Gasteiger charge is 2.20. The standard InChI is InChI=1S/C18H20ClFN2O3S/c1-12-5-4-6-17(13(12)2)22(26(3,24)25)10-9-18(23)21-14-7-8-16(20)15(19)11-14/h4-8,11H,9-10H2,1-3H3,(H,21,23). The molecule has 0 aliphatic carbocycles. The van der Waals surface area contributed by atoms with Gasteiger partial charge in [-0.15, -0.1) is 0 Å². The summed E-state index contributed by atoms with van der Waals surface area (Å²) in [5.41, 5.74) is 2.69. The van der Waals surface area contributed by atoms with Gasteiger partial charge in [0.1, 0.15) is 5.82 Å². The fourth-order valence-electron chi connectivity index (χ4n) is 2.47. The van der Waals surface area contributed by atoms with Gasteiger partial charge in [0.05, 0.1) is 17.0 Å². The molecule has 0 fully saturated rings. The second kappa shape index (κ2) is 8.05. The first-order valence-corrected chi connectivity index (χ1v) is 10.1. The van der Waals surface area contributed by atoms with Gasteiger partial charge < -0.3 is 5.32 Å². The number of aryl methyl sites for hydroxylation is 1. The molecule has 0 radical (unpaired) electrons. The molecular weight excluding hydrogens is 379 g/mol. The molecule has 1 N–H and O–H groups in total. The van der Waals surface area contributed by atoms with E-state index >= 15 is 0 Å². The van der Waals surface area contributed by atoms with Gasteiger partial charge in [-0.05, 0) is 49.2 Å². The molecule has 5 nitrogen and oxygen atoms in total. The summed E-state index contributed by atoms with van der Waals surface area (Å²) in [6.45, 7) is 3.72. The monoisotopic (exact) mass is 398 g/mol. The summed E-state index contributed by atoms with van der Waals surface area (Å²) in [4.78, 5) is 12.2. The maximum Gasteiger partial charge on any atom is 0.232 e. The Morgan fingerprint density at radius 3 is 2.54 bits per heavy atom. The zero-order chi connectivity index (χ0) is 19.5. The molecule has 0 bridgehead atoms. The van der Waals surface area contributed by atoms with E-state index in [1.807, 2.05) is 19.9 Å². The third-order valence-corrected chi connectivity index (χ3v) is 5.46. The summed E-state index contributed by atoms with van der Waals surface area (Å²) < 4.78 is 38.7. The van der Waals surface area contributed by atoms with Crippen LogP contribution in [-0.4, -0.2) is 27.1 Å². The van der Waals surface area contributed by atoms with E-state index in [1.54, 1.807) is 12.1 Å². The van der Waals surface area contributed by atoms with E-state index in [4.69, 9.17) is 11.6 Å². The van der Waals surface area contributed by atoms with Gasteiger partial charge in [-0.2, -0.15) is 0 Å². The number of benzene rings is 2. The van der Waals surface area contributed by atoms with Gasteiger partial charge in [0.2, 0.25) is 15.9 Å². The van der Waals surface area contributed by atoms with Gasteiger partial charge in [0.15, 0.2) is 0 Å². The molecule has 0 unspecified atom stereocenters. The summed E-state index contributed by atoms with van der Waals surface area (Å²) in [6, 6.07) is 9.21. The van der Waals surface area contributed by atoms with Crippen LogP contribution >= 0.6 is 11.6 Å². The second-order valence-corrected chi connectivity index (χ2v) is 8.30. The summed E-state index contributed by atoms with van der Waals surface area (Å²) in [5, 5.41) is 2.48. The molecule has 0 atom stereocenters. The van der Waals surface area contributed by atoms with Gasteiger partial charge in [0.25, 0.3) is 0 Å². The first-order valence-electron chi connectivity index (χ1n) is 7.88. The Morgan fingerprint density at radius 1 is 1.23 bits per heavy atom. The van der Waals surface area contributed by atoms with Crippen LogP contribution in [0, 0.1) is 19.7 Å². The lowest BCUT2D eigenvalue weighted by molar-refractivity contribution is -0.116. The normalized spacial score (nSPS) is 11.3. The number of nitrogens with one attached hydrogen (secondary N) is 1. The molecule has 0 aliphatic heterocycles. The highest BCUT2D eigenvalue weighted by molar-refractivity contribution is 7.92. The van der Waals surface area contributed by atoms with Crippen molar-refractivity contribution in [2.24, 2.45) is 0 Å². The van der Waals surface area contributed by atoms with Gasteiger partial charge in [-0.1, -0.05) is 23.7 Å². The Balaban J connectivity index is 2.13. The molecule has 8 heteroatoms. The topological polar surface area (TPSA) is 66.5 Å². The smallest absolute Gasteiger partial charge is 0.232 e. The van der Waals surface area contributed by atoms with E-state index in [1.165, 1.54) is 16.4 Å². The van der Waals surface area contributed by atoms with Crippen LogP contribution in [0.3, 0.4) is 0 Å². The fourth-order valence-corrected chi connectivity index (χ4v) is 3.63. The SMILES string of the molecule is Cc1cccc(N(CCC(=O)Nc2ccc(F)c(Cl)c2)S(C)(=O)=O)c1C. The molecule has 0 saturated carbocycles. The first-order chi connectivity index (χ1) is 12.1. The molecule has 0 saturated heterocycles. The molecule has 0 aliphatic rings. The Bertz CT molecular complexity index is 932. The molecule has 2 aromatic rings. The highest BCUT2D eigenvalue weighted by Crippen LogP contribution is 2.25. The molecule has 0 spiro atoms. The summed E-state index contributed by atoms with van der Waals surface area (Å²) in [7, 11) is -3.56. The highest BCUT2D eigenvalue weighted by atomic mass is 35.5. The number of hydrogen-bond acceptors (Lipinski definition) is 3. The number of carbonyl (C=O) groups is 1. The predicted molar refractivity (Wildman–Crippen MR) is 103 cm³/mol. The largest absolute Gasteiger partial charge is 0.326 e. The number of sulfonamides is 1. The van der Waals surface area contributed by atoms with Crippen LogP contribution in [0.4, 0.5) is 15.8 Å². The van der Waals surface area contributed by atoms with Crippen LogP contribution < -0.4 is 9.62 Å². The zero-order valence-electron chi connectivity index (χ0n) is 14.7. The number of nitrogens with zero attached hydrogens (tertiary/aromatic N) is 1. The van der Waals surface area contributed by atoms with E-state index < -0.39 is 21.7 Å². The lowest BCUT2D eigenvalue weighted by Crippen LogP contribution is -2.33. The second-order valence-electron chi connectivity index (χ2n) is 5.98. The first kappa shape index (κ1) is 20.2. The van der Waals surface area contributed by atoms with Crippen molar-refractivity contribution < 1.29 is 17.6 Å². The molecule has 2 rings (SSSR count). The molecule has 1 amide bonds. The quantitative estimate of drug-likeness (QED) is 0.802. The Labute approximate surface area is 157 Å². The third kappa shape index (κ3) is 4.95. The van der Waals surface area contributed by atoms with Crippen molar-refractivity contribution in [3.8, 4) is 0 Å². The Hall–Kier alpha value is -2.12. The van der Waals surface area contributed by atoms with Crippen molar-refractivity contribution in [1.29, 1.82) is 0 Å². The third-order valence-electron chi connectivity index (χ3n) is 3.99. The maximum atomic E-state index is 13.2. The van der Waals surface area contributed by atoms with Gasteiger partial charge in [-0.3, -0.25) is 9.10 Å². The van der Waals surface area contributed by atoms with E-state index in [-0.39, 0.29) is 18.0 Å². The number of hydrogen-bond donors (Lipinski definition) is 1. The summed E-state index contributed by atoms with van der Waals surface area (Å²) >= 11 is 5.68. The minimum atomic E-state index is -3.56. The molecular formula is C18H20ClFN2O3S. The molecule has 26 heavy (non-hydrogen) atoms. The van der Waals surface area contributed by atoms with Crippen LogP contribution in [0.1, 0.15) is 17.5 Å². The minimum Gasteiger partial charge on any atom is -0.326 e. The number of carbonyl (C=O) groups excluding carboxylic acids is 1. The lowest BCUT2D eigenvalue weighted by Gasteiger charge is -2.24. The zero-order valence-corrected chi connectivity index (χ0v) is 16.3. The predicted octanol–water partition coefficient (Wildman–Crippen LogP) is 3.89. The van der Waals surface area contributed by atoms with Crippen LogP contribution in [0.25, 0.3) is 0 Å². The number of halogens is 2. The van der Waals surface area contributed by atoms with Crippen molar-refractivity contribution in [1.82, 2.24) is 0 Å². The number of rotatable bonds is 6. The van der Waals surface area contributed by atoms with Crippen molar-refractivity contribution >= 4 is 38.9 Å². The van der Waals surface area contributed by atoms with Crippen LogP contribution in [-0.2, 0) is 14.8 Å². The minimum absolute atomic E-state index is 0.0100. The van der Waals surface area contributed by atoms with Crippen LogP contribution in [0.15, 0.2) is 36.4 Å². The fraction of sp³-hybridized carbons (Fsp3) is 0.278. The molecule has 140 valence electrons. The molecule has 2 aromatic carbocycles. The summed E-state index contributed by atoms with van der Waals surface area (Å²) in [5.74, 6) is -0.977. The van der Waals surface area contributed by atoms with Gasteiger partial charge >= 0.3 is 0 Å². The van der Waals surface area contributed by atoms with Crippen LogP contribution in [0.5, 0.6) is 0 Å². The van der Waals surface area contributed by atoms with Gasteiger partial charge in [0, 0.05) is 18.7 Å². The van der Waals surface area contributed by atoms with Crippen molar-refractivity contribution in [2.75, 3.05) is 22.4 Å².